The summed E-state index contributed by atoms with van der Waals surface area (Å²) in [5.41, 5.74) is 1.94. The Morgan fingerprint density at radius 3 is 2.67 bits per heavy atom. The van der Waals surface area contributed by atoms with Gasteiger partial charge in [0, 0.05) is 19.0 Å². The average molecular weight is 385 g/mol. The summed E-state index contributed by atoms with van der Waals surface area (Å²) in [5, 5.41) is 14.4. The second-order valence-electron chi connectivity index (χ2n) is 5.67. The van der Waals surface area contributed by atoms with Gasteiger partial charge in [0.05, 0.1) is 11.4 Å². The van der Waals surface area contributed by atoms with Crippen LogP contribution in [-0.4, -0.2) is 37.7 Å². The van der Waals surface area contributed by atoms with Crippen molar-refractivity contribution in [3.63, 3.8) is 0 Å². The minimum atomic E-state index is -0.394. The molecule has 0 aliphatic rings. The molecule has 0 radical (unpaired) electrons. The lowest BCUT2D eigenvalue weighted by molar-refractivity contribution is -0.119. The second-order valence-corrected chi connectivity index (χ2v) is 6.61. The van der Waals surface area contributed by atoms with Gasteiger partial charge in [-0.15, -0.1) is 5.10 Å². The first-order chi connectivity index (χ1) is 13.0. The molecule has 0 unspecified atom stereocenters. The number of carbonyl (C=O) groups excluding carboxylic acids is 2. The van der Waals surface area contributed by atoms with Gasteiger partial charge in [0.2, 0.25) is 11.1 Å². The summed E-state index contributed by atoms with van der Waals surface area (Å²) in [5.74, 6) is -0.447. The first kappa shape index (κ1) is 18.7. The Kier molecular flexibility index (Phi) is 5.92. The lowest BCUT2D eigenvalue weighted by atomic mass is 10.1. The van der Waals surface area contributed by atoms with Crippen molar-refractivity contribution in [3.05, 3.63) is 65.5 Å². The highest BCUT2D eigenvalue weighted by atomic mass is 32.2. The van der Waals surface area contributed by atoms with Crippen LogP contribution in [0.4, 0.5) is 4.39 Å². The van der Waals surface area contributed by atoms with Gasteiger partial charge in [-0.2, -0.15) is 4.68 Å². The molecule has 1 heterocycles. The van der Waals surface area contributed by atoms with Crippen LogP contribution < -0.4 is 5.32 Å². The third-order valence-corrected chi connectivity index (χ3v) is 4.56. The minimum absolute atomic E-state index is 0.0835. The number of nitrogens with one attached hydrogen (secondary N) is 1. The maximum absolute atomic E-state index is 13.4. The number of hydrogen-bond donors (Lipinski definition) is 1. The maximum atomic E-state index is 13.4. The smallest absolute Gasteiger partial charge is 0.217 e. The van der Waals surface area contributed by atoms with Gasteiger partial charge in [0.25, 0.3) is 0 Å². The van der Waals surface area contributed by atoms with E-state index in [9.17, 15) is 14.0 Å². The molecule has 9 heteroatoms. The van der Waals surface area contributed by atoms with E-state index < -0.39 is 5.82 Å². The first-order valence-electron chi connectivity index (χ1n) is 8.06. The second kappa shape index (κ2) is 8.54. The highest BCUT2D eigenvalue weighted by Crippen LogP contribution is 2.20. The highest BCUT2D eigenvalue weighted by Gasteiger charge is 2.13. The predicted octanol–water partition coefficient (Wildman–Crippen LogP) is 2.41. The van der Waals surface area contributed by atoms with Crippen LogP contribution in [0.3, 0.4) is 0 Å². The topological polar surface area (TPSA) is 89.8 Å². The fourth-order valence-electron chi connectivity index (χ4n) is 2.29. The molecule has 0 aliphatic heterocycles. The van der Waals surface area contributed by atoms with Crippen molar-refractivity contribution in [2.24, 2.45) is 0 Å². The zero-order valence-electron chi connectivity index (χ0n) is 14.4. The van der Waals surface area contributed by atoms with Gasteiger partial charge in [-0.05, 0) is 34.2 Å². The summed E-state index contributed by atoms with van der Waals surface area (Å²) >= 11 is 1.17. The van der Waals surface area contributed by atoms with Gasteiger partial charge >= 0.3 is 0 Å². The van der Waals surface area contributed by atoms with Crippen LogP contribution in [-0.2, 0) is 11.3 Å². The molecule has 7 nitrogen and oxygen atoms in total. The Labute approximate surface area is 159 Å². The van der Waals surface area contributed by atoms with Gasteiger partial charge in [-0.1, -0.05) is 42.1 Å². The fraction of sp³-hybridized carbons (Fsp3) is 0.167. The predicted molar refractivity (Wildman–Crippen MR) is 98.1 cm³/mol. The molecule has 0 fully saturated rings. The Hall–Kier alpha value is -3.07. The molecule has 0 saturated heterocycles. The molecule has 1 amide bonds. The van der Waals surface area contributed by atoms with Crippen molar-refractivity contribution in [2.75, 3.05) is 5.75 Å². The van der Waals surface area contributed by atoms with Gasteiger partial charge in [0.1, 0.15) is 5.82 Å². The number of thioether (sulfide) groups is 1. The van der Waals surface area contributed by atoms with Crippen LogP contribution >= 0.6 is 11.8 Å². The number of ketones is 1. The number of Topliss-reactive ketones (excluding diaryl/α,β-unsaturated/α-hetero) is 1. The Balaban J connectivity index is 1.63. The quantitative estimate of drug-likeness (QED) is 0.496. The lowest BCUT2D eigenvalue weighted by Gasteiger charge is -2.05. The number of benzene rings is 2. The molecule has 3 rings (SSSR count). The van der Waals surface area contributed by atoms with E-state index in [1.807, 2.05) is 0 Å². The summed E-state index contributed by atoms with van der Waals surface area (Å²) < 4.78 is 14.8. The number of carbonyl (C=O) groups is 2. The number of amides is 1. The van der Waals surface area contributed by atoms with Crippen LogP contribution in [0.2, 0.25) is 0 Å². The maximum Gasteiger partial charge on any atom is 0.217 e. The van der Waals surface area contributed by atoms with E-state index in [1.54, 1.807) is 36.4 Å². The summed E-state index contributed by atoms with van der Waals surface area (Å²) in [6.45, 7) is 1.87. The number of rotatable bonds is 7. The molecular formula is C18H16FN5O2S. The zero-order chi connectivity index (χ0) is 19.2. The molecule has 3 aromatic rings. The Morgan fingerprint density at radius 1 is 1.19 bits per heavy atom. The Bertz CT molecular complexity index is 958. The summed E-state index contributed by atoms with van der Waals surface area (Å²) in [4.78, 5) is 23.3. The summed E-state index contributed by atoms with van der Waals surface area (Å²) in [6.07, 6.45) is 0. The van der Waals surface area contributed by atoms with Gasteiger partial charge in [0.15, 0.2) is 5.78 Å². The zero-order valence-corrected chi connectivity index (χ0v) is 15.2. The molecule has 1 aromatic heterocycles. The third-order valence-electron chi connectivity index (χ3n) is 3.64. The van der Waals surface area contributed by atoms with Crippen LogP contribution in [0.15, 0.2) is 53.7 Å². The van der Waals surface area contributed by atoms with E-state index >= 15 is 0 Å². The van der Waals surface area contributed by atoms with Crippen molar-refractivity contribution in [3.8, 4) is 5.69 Å². The minimum Gasteiger partial charge on any atom is -0.352 e. The number of hydrogen-bond acceptors (Lipinski definition) is 6. The standard InChI is InChI=1S/C18H16FN5O2S/c1-12(25)20-10-13-5-7-14(8-6-13)17(26)11-27-18-21-22-23-24(18)16-4-2-3-15(19)9-16/h2-9H,10-11H2,1H3,(H,20,25). The largest absolute Gasteiger partial charge is 0.352 e. The molecule has 138 valence electrons. The number of tetrazole rings is 1. The summed E-state index contributed by atoms with van der Waals surface area (Å²) in [6, 6.07) is 12.9. The van der Waals surface area contributed by atoms with E-state index in [0.717, 1.165) is 5.56 Å². The number of nitrogens with zero attached hydrogens (tertiary/aromatic N) is 4. The van der Waals surface area contributed by atoms with Crippen LogP contribution in [0, 0.1) is 5.82 Å². The van der Waals surface area contributed by atoms with Crippen molar-refractivity contribution in [1.82, 2.24) is 25.5 Å². The average Bonchev–Trinajstić information content (AvgIpc) is 3.13. The number of aromatic nitrogens is 4. The summed E-state index contributed by atoms with van der Waals surface area (Å²) in [7, 11) is 0. The van der Waals surface area contributed by atoms with E-state index in [2.05, 4.69) is 20.8 Å². The molecule has 0 atom stereocenters. The third kappa shape index (κ3) is 4.98. The van der Waals surface area contributed by atoms with E-state index in [0.29, 0.717) is 23.0 Å². The van der Waals surface area contributed by atoms with Crippen LogP contribution in [0.5, 0.6) is 0 Å². The van der Waals surface area contributed by atoms with E-state index in [1.165, 1.54) is 35.5 Å². The monoisotopic (exact) mass is 385 g/mol. The highest BCUT2D eigenvalue weighted by molar-refractivity contribution is 7.99. The molecule has 0 bridgehead atoms. The van der Waals surface area contributed by atoms with Crippen LogP contribution in [0.25, 0.3) is 5.69 Å². The molecule has 0 aliphatic carbocycles. The normalized spacial score (nSPS) is 10.6. The van der Waals surface area contributed by atoms with Crippen molar-refractivity contribution >= 4 is 23.5 Å². The SMILES string of the molecule is CC(=O)NCc1ccc(C(=O)CSc2nnnn2-c2cccc(F)c2)cc1. The molecule has 0 spiro atoms. The van der Waals surface area contributed by atoms with Gasteiger partial charge in [-0.3, -0.25) is 9.59 Å². The van der Waals surface area contributed by atoms with Gasteiger partial charge in [-0.25, -0.2) is 4.39 Å². The molecule has 0 saturated carbocycles. The van der Waals surface area contributed by atoms with E-state index in [4.69, 9.17) is 0 Å². The van der Waals surface area contributed by atoms with Crippen molar-refractivity contribution in [1.29, 1.82) is 0 Å². The Morgan fingerprint density at radius 2 is 1.96 bits per heavy atom. The molecule has 2 aromatic carbocycles. The fourth-order valence-corrected chi connectivity index (χ4v) is 3.07. The molecule has 1 N–H and O–H groups in total. The molecular weight excluding hydrogens is 369 g/mol. The van der Waals surface area contributed by atoms with Crippen molar-refractivity contribution < 1.29 is 14.0 Å². The van der Waals surface area contributed by atoms with Gasteiger partial charge < -0.3 is 5.32 Å². The van der Waals surface area contributed by atoms with Crippen LogP contribution in [0.1, 0.15) is 22.8 Å². The number of halogens is 1. The molecule has 27 heavy (non-hydrogen) atoms. The van der Waals surface area contributed by atoms with E-state index in [-0.39, 0.29) is 17.4 Å². The lowest BCUT2D eigenvalue weighted by Crippen LogP contribution is -2.18. The first-order valence-corrected chi connectivity index (χ1v) is 9.05. The van der Waals surface area contributed by atoms with Crippen molar-refractivity contribution in [2.45, 2.75) is 18.6 Å².